The summed E-state index contributed by atoms with van der Waals surface area (Å²) in [5.41, 5.74) is 2.10. The summed E-state index contributed by atoms with van der Waals surface area (Å²) in [4.78, 5) is 8.68. The minimum Gasteiger partial charge on any atom is -0.368 e. The molecule has 23 heavy (non-hydrogen) atoms. The highest BCUT2D eigenvalue weighted by atomic mass is 35.5. The van der Waals surface area contributed by atoms with Crippen LogP contribution in [0.2, 0.25) is 5.02 Å². The van der Waals surface area contributed by atoms with Crippen LogP contribution in [0.5, 0.6) is 0 Å². The second kappa shape index (κ2) is 6.56. The first-order valence-corrected chi connectivity index (χ1v) is 7.65. The van der Waals surface area contributed by atoms with Crippen LogP contribution in [0.3, 0.4) is 0 Å². The third-order valence-electron chi connectivity index (χ3n) is 3.92. The van der Waals surface area contributed by atoms with E-state index in [1.807, 2.05) is 12.1 Å². The Morgan fingerprint density at radius 3 is 2.30 bits per heavy atom. The molecule has 6 heteroatoms. The Balaban J connectivity index is 1.73. The van der Waals surface area contributed by atoms with E-state index in [-0.39, 0.29) is 0 Å². The van der Waals surface area contributed by atoms with Crippen LogP contribution in [0.1, 0.15) is 11.1 Å². The van der Waals surface area contributed by atoms with Crippen molar-refractivity contribution < 1.29 is 0 Å². The normalized spacial score (nSPS) is 14.2. The van der Waals surface area contributed by atoms with Crippen molar-refractivity contribution in [1.29, 1.82) is 10.5 Å². The molecular weight excluding hydrogens is 310 g/mol. The Bertz CT molecular complexity index is 797. The summed E-state index contributed by atoms with van der Waals surface area (Å²) >= 11 is 6.11. The van der Waals surface area contributed by atoms with E-state index in [9.17, 15) is 5.26 Å². The van der Waals surface area contributed by atoms with E-state index in [1.54, 1.807) is 24.4 Å². The molecule has 1 fully saturated rings. The third kappa shape index (κ3) is 3.06. The van der Waals surface area contributed by atoms with Gasteiger partial charge in [0.15, 0.2) is 0 Å². The quantitative estimate of drug-likeness (QED) is 0.850. The van der Waals surface area contributed by atoms with Gasteiger partial charge in [0.05, 0.1) is 16.1 Å². The number of pyridine rings is 1. The van der Waals surface area contributed by atoms with Gasteiger partial charge in [0.2, 0.25) is 0 Å². The van der Waals surface area contributed by atoms with Crippen molar-refractivity contribution in [2.45, 2.75) is 0 Å². The molecule has 0 unspecified atom stereocenters. The Hall–Kier alpha value is -2.76. The summed E-state index contributed by atoms with van der Waals surface area (Å²) in [5.74, 6) is 0.743. The van der Waals surface area contributed by atoms with Crippen molar-refractivity contribution in [3.05, 3.63) is 52.7 Å². The molecule has 1 aliphatic heterocycles. The van der Waals surface area contributed by atoms with E-state index < -0.39 is 0 Å². The van der Waals surface area contributed by atoms with Gasteiger partial charge >= 0.3 is 0 Å². The molecule has 0 bridgehead atoms. The lowest BCUT2D eigenvalue weighted by molar-refractivity contribution is 0.647. The Morgan fingerprint density at radius 1 is 0.957 bits per heavy atom. The fourth-order valence-electron chi connectivity index (χ4n) is 2.70. The Morgan fingerprint density at radius 2 is 1.65 bits per heavy atom. The summed E-state index contributed by atoms with van der Waals surface area (Å²) in [5, 5.41) is 18.6. The standard InChI is InChI=1S/C17H14ClN5/c18-16-10-15(4-3-13(16)11-19)22-6-8-23(9-7-22)17-14(12-20)2-1-5-21-17/h1-5,10H,6-9H2. The number of nitrogens with zero attached hydrogens (tertiary/aromatic N) is 5. The predicted octanol–water partition coefficient (Wildman–Crippen LogP) is 2.80. The average Bonchev–Trinajstić information content (AvgIpc) is 2.61. The van der Waals surface area contributed by atoms with Gasteiger partial charge in [-0.3, -0.25) is 0 Å². The molecule has 5 nitrogen and oxygen atoms in total. The van der Waals surface area contributed by atoms with Crippen LogP contribution in [0.25, 0.3) is 0 Å². The Labute approximate surface area is 140 Å². The monoisotopic (exact) mass is 323 g/mol. The van der Waals surface area contributed by atoms with Crippen molar-refractivity contribution in [2.24, 2.45) is 0 Å². The van der Waals surface area contributed by atoms with Crippen molar-refractivity contribution in [3.63, 3.8) is 0 Å². The summed E-state index contributed by atoms with van der Waals surface area (Å²) in [6, 6.07) is 13.3. The second-order valence-electron chi connectivity index (χ2n) is 5.24. The van der Waals surface area contributed by atoms with Crippen LogP contribution in [0.15, 0.2) is 36.5 Å². The molecule has 114 valence electrons. The van der Waals surface area contributed by atoms with E-state index in [2.05, 4.69) is 26.9 Å². The summed E-state index contributed by atoms with van der Waals surface area (Å²) in [6.07, 6.45) is 1.71. The number of piperazine rings is 1. The summed E-state index contributed by atoms with van der Waals surface area (Å²) < 4.78 is 0. The molecule has 0 atom stereocenters. The van der Waals surface area contributed by atoms with E-state index in [1.165, 1.54) is 0 Å². The molecule has 1 saturated heterocycles. The number of halogens is 1. The van der Waals surface area contributed by atoms with E-state index in [0.717, 1.165) is 37.7 Å². The van der Waals surface area contributed by atoms with Crippen LogP contribution in [-0.4, -0.2) is 31.2 Å². The highest BCUT2D eigenvalue weighted by molar-refractivity contribution is 6.32. The maximum absolute atomic E-state index is 9.19. The van der Waals surface area contributed by atoms with Gasteiger partial charge in [0, 0.05) is 38.1 Å². The van der Waals surface area contributed by atoms with Crippen molar-refractivity contribution in [2.75, 3.05) is 36.0 Å². The minimum absolute atomic E-state index is 0.476. The number of anilines is 2. The van der Waals surface area contributed by atoms with Gasteiger partial charge in [-0.1, -0.05) is 11.6 Å². The first kappa shape index (κ1) is 15.1. The molecule has 1 aliphatic rings. The average molecular weight is 324 g/mol. The van der Waals surface area contributed by atoms with Crippen LogP contribution in [-0.2, 0) is 0 Å². The third-order valence-corrected chi connectivity index (χ3v) is 4.24. The fourth-order valence-corrected chi connectivity index (χ4v) is 2.92. The van der Waals surface area contributed by atoms with Crippen LogP contribution < -0.4 is 9.80 Å². The zero-order valence-electron chi connectivity index (χ0n) is 12.4. The maximum Gasteiger partial charge on any atom is 0.146 e. The Kier molecular flexibility index (Phi) is 4.32. The zero-order valence-corrected chi connectivity index (χ0v) is 13.2. The van der Waals surface area contributed by atoms with Gasteiger partial charge in [-0.15, -0.1) is 0 Å². The molecule has 0 saturated carbocycles. The zero-order chi connectivity index (χ0) is 16.2. The summed E-state index contributed by atoms with van der Waals surface area (Å²) in [7, 11) is 0. The van der Waals surface area contributed by atoms with Crippen molar-refractivity contribution in [3.8, 4) is 12.1 Å². The molecule has 0 radical (unpaired) electrons. The number of aromatic nitrogens is 1. The van der Waals surface area contributed by atoms with Crippen molar-refractivity contribution in [1.82, 2.24) is 4.98 Å². The fraction of sp³-hybridized carbons (Fsp3) is 0.235. The molecule has 2 aromatic rings. The van der Waals surface area contributed by atoms with Gasteiger partial charge in [-0.25, -0.2) is 4.98 Å². The lowest BCUT2D eigenvalue weighted by Gasteiger charge is -2.37. The first-order chi connectivity index (χ1) is 11.2. The van der Waals surface area contributed by atoms with Gasteiger partial charge < -0.3 is 9.80 Å². The van der Waals surface area contributed by atoms with Crippen LogP contribution in [0.4, 0.5) is 11.5 Å². The number of benzene rings is 1. The molecule has 0 amide bonds. The smallest absolute Gasteiger partial charge is 0.146 e. The highest BCUT2D eigenvalue weighted by Crippen LogP contribution is 2.25. The van der Waals surface area contributed by atoms with E-state index in [0.29, 0.717) is 16.1 Å². The number of rotatable bonds is 2. The van der Waals surface area contributed by atoms with E-state index >= 15 is 0 Å². The van der Waals surface area contributed by atoms with E-state index in [4.69, 9.17) is 16.9 Å². The predicted molar refractivity (Wildman–Crippen MR) is 89.5 cm³/mol. The molecule has 1 aromatic carbocycles. The van der Waals surface area contributed by atoms with Crippen molar-refractivity contribution >= 4 is 23.1 Å². The highest BCUT2D eigenvalue weighted by Gasteiger charge is 2.20. The molecule has 1 aromatic heterocycles. The molecular formula is C17H14ClN5. The summed E-state index contributed by atoms with van der Waals surface area (Å²) in [6.45, 7) is 3.18. The van der Waals surface area contributed by atoms with Gasteiger partial charge in [-0.2, -0.15) is 10.5 Å². The largest absolute Gasteiger partial charge is 0.368 e. The topological polar surface area (TPSA) is 67.0 Å². The molecule has 0 N–H and O–H groups in total. The molecule has 3 rings (SSSR count). The molecule has 0 spiro atoms. The number of hydrogen-bond donors (Lipinski definition) is 0. The molecule has 0 aliphatic carbocycles. The van der Waals surface area contributed by atoms with Gasteiger partial charge in [0.25, 0.3) is 0 Å². The maximum atomic E-state index is 9.19. The van der Waals surface area contributed by atoms with Gasteiger partial charge in [-0.05, 0) is 30.3 Å². The lowest BCUT2D eigenvalue weighted by Crippen LogP contribution is -2.47. The second-order valence-corrected chi connectivity index (χ2v) is 5.64. The minimum atomic E-state index is 0.476. The van der Waals surface area contributed by atoms with Crippen LogP contribution >= 0.6 is 11.6 Å². The number of nitriles is 2. The van der Waals surface area contributed by atoms with Gasteiger partial charge in [0.1, 0.15) is 18.0 Å². The first-order valence-electron chi connectivity index (χ1n) is 7.27. The molecule has 2 heterocycles. The lowest BCUT2D eigenvalue weighted by atomic mass is 10.2. The van der Waals surface area contributed by atoms with Crippen LogP contribution in [0, 0.1) is 22.7 Å². The SMILES string of the molecule is N#Cc1ccc(N2CCN(c3ncccc3C#N)CC2)cc1Cl. The number of hydrogen-bond acceptors (Lipinski definition) is 5.